The lowest BCUT2D eigenvalue weighted by Gasteiger charge is -2.29. The standard InChI is InChI=1S/C10H14O.C8H17N.C7H15NO/c1-8(2)9-4-6-10(11-3)7-5-9;1-8(2)9-6-4-3-5-7-9;1-7(2)8-3-5-9-6-4-8/h4-8H,1-3H3;8H,3-7H2,1-2H3;7H,3-6H2,1-2H3. The average Bonchev–Trinajstić information content (AvgIpc) is 2.76. The quantitative estimate of drug-likeness (QED) is 0.666. The topological polar surface area (TPSA) is 24.9 Å². The van der Waals surface area contributed by atoms with E-state index >= 15 is 0 Å². The number of hydrogen-bond donors (Lipinski definition) is 0. The summed E-state index contributed by atoms with van der Waals surface area (Å²) in [5.41, 5.74) is 1.35. The highest BCUT2D eigenvalue weighted by Gasteiger charge is 2.12. The van der Waals surface area contributed by atoms with Gasteiger partial charge in [-0.25, -0.2) is 0 Å². The summed E-state index contributed by atoms with van der Waals surface area (Å²) < 4.78 is 10.3. The van der Waals surface area contributed by atoms with Gasteiger partial charge in [-0.2, -0.15) is 0 Å². The maximum absolute atomic E-state index is 5.21. The predicted molar refractivity (Wildman–Crippen MR) is 125 cm³/mol. The van der Waals surface area contributed by atoms with Crippen molar-refractivity contribution in [3.8, 4) is 5.75 Å². The molecule has 4 heteroatoms. The SMILES string of the molecule is CC(C)N1CCCCC1.CC(C)N1CCOCC1.COc1ccc(C(C)C)cc1. The second-order valence-electron chi connectivity index (χ2n) is 8.86. The van der Waals surface area contributed by atoms with Crippen LogP contribution in [0.1, 0.15) is 72.3 Å². The van der Waals surface area contributed by atoms with E-state index in [0.29, 0.717) is 12.0 Å². The van der Waals surface area contributed by atoms with Gasteiger partial charge in [-0.05, 0) is 77.2 Å². The highest BCUT2D eigenvalue weighted by atomic mass is 16.5. The van der Waals surface area contributed by atoms with E-state index in [0.717, 1.165) is 38.1 Å². The summed E-state index contributed by atoms with van der Waals surface area (Å²) in [7, 11) is 1.68. The predicted octanol–water partition coefficient (Wildman–Crippen LogP) is 5.43. The van der Waals surface area contributed by atoms with Crippen LogP contribution in [0.2, 0.25) is 0 Å². The first-order valence-electron chi connectivity index (χ1n) is 11.5. The second-order valence-corrected chi connectivity index (χ2v) is 8.86. The zero-order valence-electron chi connectivity index (χ0n) is 20.1. The van der Waals surface area contributed by atoms with Crippen LogP contribution in [0.3, 0.4) is 0 Å². The van der Waals surface area contributed by atoms with E-state index in [-0.39, 0.29) is 0 Å². The summed E-state index contributed by atoms with van der Waals surface area (Å²) in [4.78, 5) is 4.99. The molecule has 168 valence electrons. The van der Waals surface area contributed by atoms with Gasteiger partial charge >= 0.3 is 0 Å². The molecule has 1 aromatic carbocycles. The molecule has 0 aromatic heterocycles. The van der Waals surface area contributed by atoms with Crippen molar-refractivity contribution in [3.05, 3.63) is 29.8 Å². The number of rotatable bonds is 4. The molecule has 29 heavy (non-hydrogen) atoms. The third kappa shape index (κ3) is 11.0. The van der Waals surface area contributed by atoms with Gasteiger partial charge in [0, 0.05) is 25.2 Å². The normalized spacial score (nSPS) is 18.1. The molecular formula is C25H46N2O2. The van der Waals surface area contributed by atoms with Crippen LogP contribution in [0.4, 0.5) is 0 Å². The largest absolute Gasteiger partial charge is 0.497 e. The lowest BCUT2D eigenvalue weighted by molar-refractivity contribution is 0.0238. The molecule has 0 atom stereocenters. The summed E-state index contributed by atoms with van der Waals surface area (Å²) in [5, 5.41) is 0. The number of methoxy groups -OCH3 is 1. The third-order valence-corrected chi connectivity index (χ3v) is 5.68. The maximum Gasteiger partial charge on any atom is 0.118 e. The molecular weight excluding hydrogens is 360 g/mol. The third-order valence-electron chi connectivity index (χ3n) is 5.68. The average molecular weight is 407 g/mol. The summed E-state index contributed by atoms with van der Waals surface area (Å²) in [5.74, 6) is 1.52. The Kier molecular flexibility index (Phi) is 13.2. The van der Waals surface area contributed by atoms with Gasteiger partial charge in [-0.15, -0.1) is 0 Å². The van der Waals surface area contributed by atoms with Gasteiger partial charge in [-0.1, -0.05) is 32.4 Å². The van der Waals surface area contributed by atoms with Crippen molar-refractivity contribution in [2.24, 2.45) is 0 Å². The van der Waals surface area contributed by atoms with Crippen LogP contribution in [0.25, 0.3) is 0 Å². The first-order valence-corrected chi connectivity index (χ1v) is 11.5. The van der Waals surface area contributed by atoms with Gasteiger partial charge in [0.2, 0.25) is 0 Å². The van der Waals surface area contributed by atoms with E-state index in [4.69, 9.17) is 9.47 Å². The molecule has 2 aliphatic heterocycles. The zero-order chi connectivity index (χ0) is 21.6. The second kappa shape index (κ2) is 14.8. The molecule has 1 aromatic rings. The zero-order valence-corrected chi connectivity index (χ0v) is 20.1. The molecule has 0 spiro atoms. The van der Waals surface area contributed by atoms with Gasteiger partial charge in [0.15, 0.2) is 0 Å². The smallest absolute Gasteiger partial charge is 0.118 e. The summed E-state index contributed by atoms with van der Waals surface area (Å²) in [6, 6.07) is 9.65. The van der Waals surface area contributed by atoms with E-state index in [1.807, 2.05) is 12.1 Å². The molecule has 3 rings (SSSR count). The van der Waals surface area contributed by atoms with Crippen molar-refractivity contribution < 1.29 is 9.47 Å². The van der Waals surface area contributed by atoms with E-state index in [1.165, 1.54) is 37.9 Å². The molecule has 0 amide bonds. The molecule has 2 aliphatic rings. The van der Waals surface area contributed by atoms with Gasteiger partial charge in [0.05, 0.1) is 20.3 Å². The number of likely N-dealkylation sites (tertiary alicyclic amines) is 1. The number of nitrogens with zero attached hydrogens (tertiary/aromatic N) is 2. The minimum atomic E-state index is 0.598. The number of hydrogen-bond acceptors (Lipinski definition) is 4. The lowest BCUT2D eigenvalue weighted by Crippen LogP contribution is -2.40. The monoisotopic (exact) mass is 406 g/mol. The van der Waals surface area contributed by atoms with Crippen LogP contribution in [-0.4, -0.2) is 68.4 Å². The Morgan fingerprint density at radius 2 is 1.21 bits per heavy atom. The summed E-state index contributed by atoms with van der Waals surface area (Å²) in [6.07, 6.45) is 4.28. The maximum atomic E-state index is 5.21. The van der Waals surface area contributed by atoms with E-state index in [9.17, 15) is 0 Å². The van der Waals surface area contributed by atoms with E-state index in [1.54, 1.807) is 7.11 Å². The first kappa shape index (κ1) is 25.9. The molecule has 2 saturated heterocycles. The fourth-order valence-corrected chi connectivity index (χ4v) is 3.52. The first-order chi connectivity index (χ1) is 13.8. The fourth-order valence-electron chi connectivity index (χ4n) is 3.52. The molecule has 0 N–H and O–H groups in total. The van der Waals surface area contributed by atoms with Crippen molar-refractivity contribution in [3.63, 3.8) is 0 Å². The Bertz CT molecular complexity index is 480. The Balaban J connectivity index is 0.000000219. The van der Waals surface area contributed by atoms with Gasteiger partial charge in [0.25, 0.3) is 0 Å². The fraction of sp³-hybridized carbons (Fsp3) is 0.760. The lowest BCUT2D eigenvalue weighted by atomic mass is 10.0. The van der Waals surface area contributed by atoms with Crippen LogP contribution in [0, 0.1) is 0 Å². The van der Waals surface area contributed by atoms with Crippen molar-refractivity contribution in [1.29, 1.82) is 0 Å². The highest BCUT2D eigenvalue weighted by Crippen LogP contribution is 2.17. The van der Waals surface area contributed by atoms with E-state index < -0.39 is 0 Å². The molecule has 2 fully saturated rings. The minimum Gasteiger partial charge on any atom is -0.497 e. The van der Waals surface area contributed by atoms with Crippen LogP contribution >= 0.6 is 0 Å². The number of piperidine rings is 1. The summed E-state index contributed by atoms with van der Waals surface area (Å²) >= 11 is 0. The van der Waals surface area contributed by atoms with Gasteiger partial charge in [0.1, 0.15) is 5.75 Å². The minimum absolute atomic E-state index is 0.598. The molecule has 2 heterocycles. The van der Waals surface area contributed by atoms with Crippen molar-refractivity contribution >= 4 is 0 Å². The van der Waals surface area contributed by atoms with Crippen molar-refractivity contribution in [2.45, 2.75) is 78.8 Å². The number of benzene rings is 1. The molecule has 0 saturated carbocycles. The summed E-state index contributed by atoms with van der Waals surface area (Å²) in [6.45, 7) is 20.1. The Morgan fingerprint density at radius 3 is 1.55 bits per heavy atom. The van der Waals surface area contributed by atoms with E-state index in [2.05, 4.69) is 63.5 Å². The van der Waals surface area contributed by atoms with Crippen LogP contribution in [0.5, 0.6) is 5.75 Å². The van der Waals surface area contributed by atoms with Gasteiger partial charge in [-0.3, -0.25) is 4.90 Å². The Hall–Kier alpha value is -1.10. The van der Waals surface area contributed by atoms with Crippen LogP contribution < -0.4 is 4.74 Å². The Labute approximate surface area is 180 Å². The number of ether oxygens (including phenoxy) is 2. The molecule has 0 radical (unpaired) electrons. The highest BCUT2D eigenvalue weighted by molar-refractivity contribution is 5.28. The number of morpholine rings is 1. The van der Waals surface area contributed by atoms with Crippen LogP contribution in [0.15, 0.2) is 24.3 Å². The molecule has 0 aliphatic carbocycles. The van der Waals surface area contributed by atoms with Crippen LogP contribution in [-0.2, 0) is 4.74 Å². The molecule has 0 bridgehead atoms. The molecule has 0 unspecified atom stereocenters. The van der Waals surface area contributed by atoms with Gasteiger partial charge < -0.3 is 14.4 Å². The molecule has 4 nitrogen and oxygen atoms in total. The van der Waals surface area contributed by atoms with Crippen molar-refractivity contribution in [1.82, 2.24) is 9.80 Å². The van der Waals surface area contributed by atoms with Crippen molar-refractivity contribution in [2.75, 3.05) is 46.5 Å². The Morgan fingerprint density at radius 1 is 0.724 bits per heavy atom.